The Bertz CT molecular complexity index is 739. The summed E-state index contributed by atoms with van der Waals surface area (Å²) in [6.07, 6.45) is 0. The van der Waals surface area contributed by atoms with E-state index in [4.69, 9.17) is 0 Å². The van der Waals surface area contributed by atoms with E-state index in [9.17, 15) is 9.59 Å². The van der Waals surface area contributed by atoms with Crippen molar-refractivity contribution in [3.8, 4) is 0 Å². The lowest BCUT2D eigenvalue weighted by molar-refractivity contribution is 0.0601. The van der Waals surface area contributed by atoms with Crippen molar-refractivity contribution in [3.05, 3.63) is 64.7 Å². The topological polar surface area (TPSA) is 67.4 Å². The molecular weight excluding hydrogens is 304 g/mol. The van der Waals surface area contributed by atoms with Crippen LogP contribution in [0, 0.1) is 13.8 Å². The smallest absolute Gasteiger partial charge is 0.337 e. The van der Waals surface area contributed by atoms with Gasteiger partial charge in [-0.05, 0) is 61.7 Å². The summed E-state index contributed by atoms with van der Waals surface area (Å²) in [5.74, 6) is -0.408. The molecule has 0 saturated heterocycles. The van der Waals surface area contributed by atoms with E-state index in [1.54, 1.807) is 24.3 Å². The molecule has 126 valence electrons. The van der Waals surface area contributed by atoms with E-state index in [1.165, 1.54) is 18.2 Å². The molecule has 0 radical (unpaired) electrons. The Balaban J connectivity index is 1.97. The van der Waals surface area contributed by atoms with Gasteiger partial charge in [0, 0.05) is 5.69 Å². The fourth-order valence-electron chi connectivity index (χ4n) is 2.29. The number of amides is 2. The highest BCUT2D eigenvalue weighted by atomic mass is 16.5. The van der Waals surface area contributed by atoms with E-state index < -0.39 is 5.97 Å². The number of nitrogens with one attached hydrogen (secondary N) is 2. The Morgan fingerprint density at radius 3 is 2.25 bits per heavy atom. The molecule has 0 spiro atoms. The summed E-state index contributed by atoms with van der Waals surface area (Å²) < 4.78 is 4.64. The zero-order valence-electron chi connectivity index (χ0n) is 14.3. The van der Waals surface area contributed by atoms with Crippen LogP contribution in [0.25, 0.3) is 0 Å². The first-order valence-corrected chi connectivity index (χ1v) is 7.73. The molecule has 0 saturated carbocycles. The molecule has 0 unspecified atom stereocenters. The van der Waals surface area contributed by atoms with Gasteiger partial charge in [0.25, 0.3) is 0 Å². The lowest BCUT2D eigenvalue weighted by Crippen LogP contribution is -2.31. The van der Waals surface area contributed by atoms with Crippen LogP contribution in [0.4, 0.5) is 10.5 Å². The minimum Gasteiger partial charge on any atom is -0.465 e. The summed E-state index contributed by atoms with van der Waals surface area (Å²) in [7, 11) is 1.33. The van der Waals surface area contributed by atoms with Crippen molar-refractivity contribution in [2.45, 2.75) is 26.8 Å². The number of hydrogen-bond acceptors (Lipinski definition) is 3. The van der Waals surface area contributed by atoms with E-state index in [-0.39, 0.29) is 12.1 Å². The van der Waals surface area contributed by atoms with Crippen LogP contribution in [0.15, 0.2) is 42.5 Å². The summed E-state index contributed by atoms with van der Waals surface area (Å²) in [6.45, 7) is 6.04. The van der Waals surface area contributed by atoms with Crippen molar-refractivity contribution in [1.82, 2.24) is 5.32 Å². The van der Waals surface area contributed by atoms with Crippen molar-refractivity contribution in [2.24, 2.45) is 0 Å². The molecule has 0 aliphatic carbocycles. The van der Waals surface area contributed by atoms with E-state index in [1.807, 2.05) is 19.1 Å². The van der Waals surface area contributed by atoms with Crippen molar-refractivity contribution >= 4 is 17.7 Å². The van der Waals surface area contributed by atoms with Gasteiger partial charge in [-0.15, -0.1) is 0 Å². The minimum atomic E-state index is -0.408. The largest absolute Gasteiger partial charge is 0.465 e. The second-order valence-corrected chi connectivity index (χ2v) is 5.73. The predicted octanol–water partition coefficient (Wildman–Crippen LogP) is 3.97. The van der Waals surface area contributed by atoms with Crippen LogP contribution in [0.2, 0.25) is 0 Å². The molecule has 0 bridgehead atoms. The van der Waals surface area contributed by atoms with Crippen molar-refractivity contribution in [2.75, 3.05) is 12.4 Å². The lowest BCUT2D eigenvalue weighted by atomic mass is 10.0. The molecule has 2 aromatic carbocycles. The maximum atomic E-state index is 12.1. The number of urea groups is 1. The highest BCUT2D eigenvalue weighted by molar-refractivity contribution is 5.92. The number of esters is 1. The van der Waals surface area contributed by atoms with Gasteiger partial charge in [0.1, 0.15) is 0 Å². The highest BCUT2D eigenvalue weighted by Gasteiger charge is 2.11. The maximum absolute atomic E-state index is 12.1. The first-order valence-electron chi connectivity index (χ1n) is 7.73. The Hall–Kier alpha value is -2.82. The second kappa shape index (κ2) is 7.64. The molecule has 0 aliphatic rings. The van der Waals surface area contributed by atoms with Gasteiger partial charge >= 0.3 is 12.0 Å². The molecule has 0 aromatic heterocycles. The number of rotatable bonds is 4. The van der Waals surface area contributed by atoms with Crippen LogP contribution in [-0.2, 0) is 4.74 Å². The van der Waals surface area contributed by atoms with Gasteiger partial charge in [-0.25, -0.2) is 9.59 Å². The Kier molecular flexibility index (Phi) is 5.58. The Labute approximate surface area is 142 Å². The highest BCUT2D eigenvalue weighted by Crippen LogP contribution is 2.17. The Morgan fingerprint density at radius 2 is 1.67 bits per heavy atom. The molecule has 2 rings (SSSR count). The standard InChI is InChI=1S/C19H22N2O3/c1-12-5-6-16(11-13(12)2)14(3)20-19(23)21-17-9-7-15(8-10-17)18(22)24-4/h5-11,14H,1-4H3,(H2,20,21,23)/t14-/m1/s1. The molecule has 2 N–H and O–H groups in total. The molecular formula is C19H22N2O3. The van der Waals surface area contributed by atoms with Crippen LogP contribution in [-0.4, -0.2) is 19.1 Å². The van der Waals surface area contributed by atoms with Crippen LogP contribution in [0.5, 0.6) is 0 Å². The third-order valence-corrected chi connectivity index (χ3v) is 3.94. The van der Waals surface area contributed by atoms with Gasteiger partial charge in [0.05, 0.1) is 18.7 Å². The predicted molar refractivity (Wildman–Crippen MR) is 94.3 cm³/mol. The van der Waals surface area contributed by atoms with Crippen LogP contribution < -0.4 is 10.6 Å². The summed E-state index contributed by atoms with van der Waals surface area (Å²) in [4.78, 5) is 23.5. The van der Waals surface area contributed by atoms with Crippen molar-refractivity contribution in [3.63, 3.8) is 0 Å². The number of carbonyl (C=O) groups excluding carboxylic acids is 2. The van der Waals surface area contributed by atoms with Gasteiger partial charge in [-0.1, -0.05) is 18.2 Å². The van der Waals surface area contributed by atoms with E-state index >= 15 is 0 Å². The van der Waals surface area contributed by atoms with Crippen LogP contribution in [0.3, 0.4) is 0 Å². The van der Waals surface area contributed by atoms with Crippen molar-refractivity contribution < 1.29 is 14.3 Å². The molecule has 2 aromatic rings. The molecule has 0 heterocycles. The molecule has 24 heavy (non-hydrogen) atoms. The number of hydrogen-bond donors (Lipinski definition) is 2. The van der Waals surface area contributed by atoms with E-state index in [2.05, 4.69) is 35.3 Å². The SMILES string of the molecule is COC(=O)c1ccc(NC(=O)N[C@H](C)c2ccc(C)c(C)c2)cc1. The Morgan fingerprint density at radius 1 is 1.00 bits per heavy atom. The quantitative estimate of drug-likeness (QED) is 0.835. The van der Waals surface area contributed by atoms with Crippen LogP contribution >= 0.6 is 0 Å². The second-order valence-electron chi connectivity index (χ2n) is 5.73. The fraction of sp³-hybridized carbons (Fsp3) is 0.263. The molecule has 5 heteroatoms. The normalized spacial score (nSPS) is 11.5. The molecule has 1 atom stereocenters. The maximum Gasteiger partial charge on any atom is 0.337 e. The van der Waals surface area contributed by atoms with Gasteiger partial charge in [-0.3, -0.25) is 0 Å². The number of methoxy groups -OCH3 is 1. The summed E-state index contributed by atoms with van der Waals surface area (Å²) in [6, 6.07) is 12.3. The number of carbonyl (C=O) groups is 2. The third kappa shape index (κ3) is 4.35. The fourth-order valence-corrected chi connectivity index (χ4v) is 2.29. The molecule has 2 amide bonds. The lowest BCUT2D eigenvalue weighted by Gasteiger charge is -2.16. The molecule has 0 aliphatic heterocycles. The first-order chi connectivity index (χ1) is 11.4. The summed E-state index contributed by atoms with van der Waals surface area (Å²) in [5.41, 5.74) is 4.51. The monoisotopic (exact) mass is 326 g/mol. The zero-order valence-corrected chi connectivity index (χ0v) is 14.3. The average Bonchev–Trinajstić information content (AvgIpc) is 2.57. The summed E-state index contributed by atoms with van der Waals surface area (Å²) >= 11 is 0. The van der Waals surface area contributed by atoms with E-state index in [0.29, 0.717) is 11.3 Å². The molecule has 0 fully saturated rings. The average molecular weight is 326 g/mol. The van der Waals surface area contributed by atoms with Crippen molar-refractivity contribution in [1.29, 1.82) is 0 Å². The van der Waals surface area contributed by atoms with Gasteiger partial charge in [0.15, 0.2) is 0 Å². The van der Waals surface area contributed by atoms with E-state index in [0.717, 1.165) is 5.56 Å². The molecule has 5 nitrogen and oxygen atoms in total. The third-order valence-electron chi connectivity index (χ3n) is 3.94. The first kappa shape index (κ1) is 17.5. The number of benzene rings is 2. The zero-order chi connectivity index (χ0) is 17.7. The van der Waals surface area contributed by atoms with Gasteiger partial charge in [-0.2, -0.15) is 0 Å². The van der Waals surface area contributed by atoms with Crippen LogP contribution in [0.1, 0.15) is 40.0 Å². The van der Waals surface area contributed by atoms with Gasteiger partial charge < -0.3 is 15.4 Å². The number of ether oxygens (including phenoxy) is 1. The summed E-state index contributed by atoms with van der Waals surface area (Å²) in [5, 5.41) is 5.65. The number of anilines is 1. The number of aryl methyl sites for hydroxylation is 2. The minimum absolute atomic E-state index is 0.112. The van der Waals surface area contributed by atoms with Gasteiger partial charge in [0.2, 0.25) is 0 Å².